The summed E-state index contributed by atoms with van der Waals surface area (Å²) < 4.78 is 0. The molecule has 4 rings (SSSR count). The summed E-state index contributed by atoms with van der Waals surface area (Å²) in [5, 5.41) is 9.43. The van der Waals surface area contributed by atoms with Crippen LogP contribution in [-0.2, 0) is 19.5 Å². The monoisotopic (exact) mass is 414 g/mol. The van der Waals surface area contributed by atoms with Crippen LogP contribution in [0.2, 0.25) is 0 Å². The molecular weight excluding hydrogens is 388 g/mol. The maximum absolute atomic E-state index is 13.2. The molecular formula is C24H26N6O. The van der Waals surface area contributed by atoms with Crippen molar-refractivity contribution in [1.29, 1.82) is 5.26 Å². The average molecular weight is 415 g/mol. The summed E-state index contributed by atoms with van der Waals surface area (Å²) in [5.74, 6) is 0. The molecule has 0 saturated heterocycles. The van der Waals surface area contributed by atoms with Crippen molar-refractivity contribution < 1.29 is 4.79 Å². The highest BCUT2D eigenvalue weighted by Crippen LogP contribution is 2.31. The summed E-state index contributed by atoms with van der Waals surface area (Å²) in [6.07, 6.45) is 4.32. The zero-order valence-electron chi connectivity index (χ0n) is 17.8. The summed E-state index contributed by atoms with van der Waals surface area (Å²) >= 11 is 0. The predicted molar refractivity (Wildman–Crippen MR) is 119 cm³/mol. The number of imidazole rings is 1. The van der Waals surface area contributed by atoms with Crippen molar-refractivity contribution in [3.8, 4) is 6.07 Å². The van der Waals surface area contributed by atoms with E-state index in [9.17, 15) is 10.1 Å². The van der Waals surface area contributed by atoms with Crippen LogP contribution in [0.25, 0.3) is 0 Å². The lowest BCUT2D eigenvalue weighted by molar-refractivity contribution is 0.147. The van der Waals surface area contributed by atoms with Gasteiger partial charge in [0, 0.05) is 39.1 Å². The SMILES string of the molecule is CN(C)C(=O)N1Cc2cc(C#N)ccc2N(Cc2c[nH]cn2)CC1Cc1ccccc1. The molecule has 7 nitrogen and oxygen atoms in total. The Morgan fingerprint density at radius 3 is 2.74 bits per heavy atom. The van der Waals surface area contributed by atoms with Crippen LogP contribution in [0.5, 0.6) is 0 Å². The fraction of sp³-hybridized carbons (Fsp3) is 0.292. The molecule has 31 heavy (non-hydrogen) atoms. The molecule has 1 aliphatic heterocycles. The molecule has 1 aliphatic rings. The quantitative estimate of drug-likeness (QED) is 0.710. The smallest absolute Gasteiger partial charge is 0.320 e. The molecule has 2 aromatic carbocycles. The number of rotatable bonds is 4. The lowest BCUT2D eigenvalue weighted by Crippen LogP contribution is -2.49. The van der Waals surface area contributed by atoms with Crippen LogP contribution >= 0.6 is 0 Å². The molecule has 1 N–H and O–H groups in total. The molecule has 0 fully saturated rings. The summed E-state index contributed by atoms with van der Waals surface area (Å²) in [7, 11) is 3.56. The lowest BCUT2D eigenvalue weighted by Gasteiger charge is -2.34. The van der Waals surface area contributed by atoms with Gasteiger partial charge in [0.1, 0.15) is 0 Å². The largest absolute Gasteiger partial charge is 0.363 e. The molecule has 158 valence electrons. The van der Waals surface area contributed by atoms with E-state index in [0.29, 0.717) is 25.2 Å². The fourth-order valence-electron chi connectivity index (χ4n) is 4.12. The minimum atomic E-state index is -0.0332. The van der Waals surface area contributed by atoms with Crippen LogP contribution < -0.4 is 4.90 Å². The first-order valence-electron chi connectivity index (χ1n) is 10.3. The van der Waals surface area contributed by atoms with Gasteiger partial charge in [-0.05, 0) is 35.7 Å². The number of H-pyrrole nitrogens is 1. The zero-order valence-corrected chi connectivity index (χ0v) is 17.8. The molecule has 3 aromatic rings. The first kappa shape index (κ1) is 20.5. The van der Waals surface area contributed by atoms with E-state index in [2.05, 4.69) is 33.1 Å². The minimum absolute atomic E-state index is 0.0316. The number of carbonyl (C=O) groups is 1. The minimum Gasteiger partial charge on any atom is -0.363 e. The Kier molecular flexibility index (Phi) is 5.89. The van der Waals surface area contributed by atoms with E-state index in [-0.39, 0.29) is 12.1 Å². The predicted octanol–water partition coefficient (Wildman–Crippen LogP) is 3.40. The van der Waals surface area contributed by atoms with Crippen LogP contribution in [0.3, 0.4) is 0 Å². The van der Waals surface area contributed by atoms with Gasteiger partial charge in [0.2, 0.25) is 0 Å². The number of nitrogens with one attached hydrogen (secondary N) is 1. The first-order valence-corrected chi connectivity index (χ1v) is 10.3. The van der Waals surface area contributed by atoms with Gasteiger partial charge in [0.15, 0.2) is 0 Å². The number of anilines is 1. The summed E-state index contributed by atoms with van der Waals surface area (Å²) in [5.41, 5.74) is 4.72. The maximum Gasteiger partial charge on any atom is 0.320 e. The lowest BCUT2D eigenvalue weighted by atomic mass is 10.0. The number of amides is 2. The highest BCUT2D eigenvalue weighted by molar-refractivity contribution is 5.75. The van der Waals surface area contributed by atoms with E-state index in [1.165, 1.54) is 5.56 Å². The van der Waals surface area contributed by atoms with Crippen LogP contribution in [0, 0.1) is 11.3 Å². The number of aromatic amines is 1. The third kappa shape index (κ3) is 4.53. The van der Waals surface area contributed by atoms with Crippen molar-refractivity contribution in [2.75, 3.05) is 25.5 Å². The first-order chi connectivity index (χ1) is 15.0. The van der Waals surface area contributed by atoms with Crippen molar-refractivity contribution >= 4 is 11.7 Å². The van der Waals surface area contributed by atoms with Crippen LogP contribution in [0.4, 0.5) is 10.5 Å². The summed E-state index contributed by atoms with van der Waals surface area (Å²) in [4.78, 5) is 26.4. The number of carbonyl (C=O) groups excluding carboxylic acids is 1. The van der Waals surface area contributed by atoms with E-state index in [0.717, 1.165) is 23.4 Å². The highest BCUT2D eigenvalue weighted by atomic mass is 16.2. The zero-order chi connectivity index (χ0) is 21.8. The second kappa shape index (κ2) is 8.92. The van der Waals surface area contributed by atoms with E-state index >= 15 is 0 Å². The number of nitrogens with zero attached hydrogens (tertiary/aromatic N) is 5. The Balaban J connectivity index is 1.76. The Morgan fingerprint density at radius 2 is 2.06 bits per heavy atom. The third-order valence-electron chi connectivity index (χ3n) is 5.61. The number of fused-ring (bicyclic) bond motifs is 1. The van der Waals surface area contributed by atoms with Crippen LogP contribution in [-0.4, -0.2) is 52.5 Å². The van der Waals surface area contributed by atoms with Crippen LogP contribution in [0.15, 0.2) is 61.1 Å². The molecule has 0 saturated carbocycles. The standard InChI is InChI=1S/C24H26N6O/c1-28(2)24(31)30-14-20-10-19(12-25)8-9-23(20)29(15-21-13-26-17-27-21)16-22(30)11-18-6-4-3-5-7-18/h3-10,13,17,22H,11,14-16H2,1-2H3,(H,26,27). The van der Waals surface area contributed by atoms with Crippen molar-refractivity contribution in [1.82, 2.24) is 19.8 Å². The molecule has 1 unspecified atom stereocenters. The number of hydrogen-bond donors (Lipinski definition) is 1. The molecule has 2 amide bonds. The van der Waals surface area contributed by atoms with Gasteiger partial charge < -0.3 is 19.7 Å². The topological polar surface area (TPSA) is 79.3 Å². The van der Waals surface area contributed by atoms with Gasteiger partial charge in [0.25, 0.3) is 0 Å². The van der Waals surface area contributed by atoms with Gasteiger partial charge in [-0.2, -0.15) is 5.26 Å². The Hall–Kier alpha value is -3.79. The van der Waals surface area contributed by atoms with Gasteiger partial charge in [-0.3, -0.25) is 0 Å². The molecule has 2 heterocycles. The Labute approximate surface area is 182 Å². The van der Waals surface area contributed by atoms with Gasteiger partial charge in [0.05, 0.1) is 36.2 Å². The average Bonchev–Trinajstić information content (AvgIpc) is 3.24. The number of aromatic nitrogens is 2. The fourth-order valence-corrected chi connectivity index (χ4v) is 4.12. The Morgan fingerprint density at radius 1 is 1.26 bits per heavy atom. The van der Waals surface area contributed by atoms with E-state index < -0.39 is 0 Å². The van der Waals surface area contributed by atoms with Crippen molar-refractivity contribution in [3.63, 3.8) is 0 Å². The molecule has 0 bridgehead atoms. The van der Waals surface area contributed by atoms with Crippen molar-refractivity contribution in [2.45, 2.75) is 25.6 Å². The normalized spacial score (nSPS) is 15.7. The molecule has 0 radical (unpaired) electrons. The van der Waals surface area contributed by atoms with Gasteiger partial charge >= 0.3 is 6.03 Å². The molecule has 1 aromatic heterocycles. The maximum atomic E-state index is 13.2. The Bertz CT molecular complexity index is 1070. The van der Waals surface area contributed by atoms with Gasteiger partial charge in [-0.1, -0.05) is 30.3 Å². The summed E-state index contributed by atoms with van der Waals surface area (Å²) in [6, 6.07) is 18.1. The number of hydrogen-bond acceptors (Lipinski definition) is 4. The van der Waals surface area contributed by atoms with E-state index in [1.807, 2.05) is 47.5 Å². The van der Waals surface area contributed by atoms with Gasteiger partial charge in [-0.25, -0.2) is 9.78 Å². The van der Waals surface area contributed by atoms with Crippen LogP contribution in [0.1, 0.15) is 22.4 Å². The summed E-state index contributed by atoms with van der Waals surface area (Å²) in [6.45, 7) is 1.74. The molecule has 1 atom stereocenters. The number of nitriles is 1. The van der Waals surface area contributed by atoms with Gasteiger partial charge in [-0.15, -0.1) is 0 Å². The third-order valence-corrected chi connectivity index (χ3v) is 5.61. The van der Waals surface area contributed by atoms with E-state index in [1.54, 1.807) is 25.3 Å². The highest BCUT2D eigenvalue weighted by Gasteiger charge is 2.32. The number of urea groups is 1. The second-order valence-electron chi connectivity index (χ2n) is 8.04. The molecule has 0 aliphatic carbocycles. The van der Waals surface area contributed by atoms with E-state index in [4.69, 9.17) is 0 Å². The molecule has 7 heteroatoms. The number of benzene rings is 2. The second-order valence-corrected chi connectivity index (χ2v) is 8.04. The van der Waals surface area contributed by atoms with Crippen molar-refractivity contribution in [3.05, 3.63) is 83.4 Å². The molecule has 0 spiro atoms. The van der Waals surface area contributed by atoms with Crippen molar-refractivity contribution in [2.24, 2.45) is 0 Å².